The summed E-state index contributed by atoms with van der Waals surface area (Å²) >= 11 is 0. The van der Waals surface area contributed by atoms with E-state index in [4.69, 9.17) is 9.47 Å². The van der Waals surface area contributed by atoms with E-state index in [0.29, 0.717) is 22.3 Å². The number of methoxy groups -OCH3 is 2. The molecule has 8 heteroatoms. The lowest BCUT2D eigenvalue weighted by Gasteiger charge is -2.35. The Morgan fingerprint density at radius 2 is 1.74 bits per heavy atom. The summed E-state index contributed by atoms with van der Waals surface area (Å²) in [6.07, 6.45) is 0. The zero-order chi connectivity index (χ0) is 21.8. The minimum absolute atomic E-state index is 0.190. The van der Waals surface area contributed by atoms with E-state index < -0.39 is 5.97 Å². The average Bonchev–Trinajstić information content (AvgIpc) is 3.18. The van der Waals surface area contributed by atoms with E-state index >= 15 is 0 Å². The SMILES string of the molecule is COC(=O)c1[nH]c2cccc(OC)c2c1NC(=O)CN1CCN(c2ccccc2)CC1. The minimum atomic E-state index is -0.551. The maximum Gasteiger partial charge on any atom is 0.356 e. The van der Waals surface area contributed by atoms with E-state index in [0.717, 1.165) is 26.2 Å². The highest BCUT2D eigenvalue weighted by atomic mass is 16.5. The number of amides is 1. The van der Waals surface area contributed by atoms with Gasteiger partial charge in [0, 0.05) is 31.9 Å². The molecule has 0 unspecified atom stereocenters. The third-order valence-electron chi connectivity index (χ3n) is 5.52. The van der Waals surface area contributed by atoms with Gasteiger partial charge in [0.05, 0.1) is 37.4 Å². The number of hydrogen-bond donors (Lipinski definition) is 2. The summed E-state index contributed by atoms with van der Waals surface area (Å²) in [5.74, 6) is -0.175. The second-order valence-corrected chi connectivity index (χ2v) is 7.40. The molecule has 162 valence electrons. The van der Waals surface area contributed by atoms with E-state index in [1.54, 1.807) is 13.2 Å². The highest BCUT2D eigenvalue weighted by Gasteiger charge is 2.24. The van der Waals surface area contributed by atoms with Gasteiger partial charge in [-0.2, -0.15) is 0 Å². The standard InChI is InChI=1S/C23H26N4O4/c1-30-18-10-6-9-17-20(18)21(22(24-17)23(29)31-2)25-19(28)15-26-11-13-27(14-12-26)16-7-4-3-5-8-16/h3-10,24H,11-15H2,1-2H3,(H,25,28). The third kappa shape index (κ3) is 4.34. The number of rotatable bonds is 6. The summed E-state index contributed by atoms with van der Waals surface area (Å²) in [5, 5.41) is 3.55. The number of benzene rings is 2. The van der Waals surface area contributed by atoms with Crippen LogP contribution in [0, 0.1) is 0 Å². The monoisotopic (exact) mass is 422 g/mol. The fraction of sp³-hybridized carbons (Fsp3) is 0.304. The van der Waals surface area contributed by atoms with Gasteiger partial charge in [-0.15, -0.1) is 0 Å². The number of fused-ring (bicyclic) bond motifs is 1. The highest BCUT2D eigenvalue weighted by molar-refractivity contribution is 6.13. The predicted molar refractivity (Wildman–Crippen MR) is 120 cm³/mol. The highest BCUT2D eigenvalue weighted by Crippen LogP contribution is 2.35. The van der Waals surface area contributed by atoms with Crippen molar-refractivity contribution in [2.24, 2.45) is 0 Å². The fourth-order valence-electron chi connectivity index (χ4n) is 3.95. The molecule has 4 rings (SSSR count). The molecule has 1 saturated heterocycles. The number of nitrogens with zero attached hydrogens (tertiary/aromatic N) is 2. The molecular weight excluding hydrogens is 396 g/mol. The first kappa shape index (κ1) is 20.7. The van der Waals surface area contributed by atoms with E-state index in [1.165, 1.54) is 12.8 Å². The Morgan fingerprint density at radius 3 is 2.42 bits per heavy atom. The summed E-state index contributed by atoms with van der Waals surface area (Å²) in [6, 6.07) is 15.7. The molecule has 0 saturated carbocycles. The third-order valence-corrected chi connectivity index (χ3v) is 5.52. The molecular formula is C23H26N4O4. The predicted octanol–water partition coefficient (Wildman–Crippen LogP) is 2.72. The second-order valence-electron chi connectivity index (χ2n) is 7.40. The molecule has 3 aromatic rings. The van der Waals surface area contributed by atoms with Gasteiger partial charge in [0.15, 0.2) is 0 Å². The molecule has 8 nitrogen and oxygen atoms in total. The first-order chi connectivity index (χ1) is 15.1. The minimum Gasteiger partial charge on any atom is -0.496 e. The molecule has 0 aliphatic carbocycles. The van der Waals surface area contributed by atoms with Crippen LogP contribution in [0.5, 0.6) is 5.75 Å². The van der Waals surface area contributed by atoms with Crippen molar-refractivity contribution in [3.63, 3.8) is 0 Å². The van der Waals surface area contributed by atoms with Crippen molar-refractivity contribution in [3.8, 4) is 5.75 Å². The van der Waals surface area contributed by atoms with Gasteiger partial charge in [-0.05, 0) is 24.3 Å². The van der Waals surface area contributed by atoms with Crippen LogP contribution in [0.25, 0.3) is 10.9 Å². The quantitative estimate of drug-likeness (QED) is 0.594. The molecule has 1 aliphatic heterocycles. The normalized spacial score (nSPS) is 14.5. The summed E-state index contributed by atoms with van der Waals surface area (Å²) in [7, 11) is 2.86. The number of hydrogen-bond acceptors (Lipinski definition) is 6. The second kappa shape index (κ2) is 9.09. The lowest BCUT2D eigenvalue weighted by molar-refractivity contribution is -0.117. The number of anilines is 2. The van der Waals surface area contributed by atoms with Crippen molar-refractivity contribution in [3.05, 3.63) is 54.2 Å². The van der Waals surface area contributed by atoms with Crippen molar-refractivity contribution in [1.29, 1.82) is 0 Å². The van der Waals surface area contributed by atoms with Crippen molar-refractivity contribution in [2.75, 3.05) is 57.2 Å². The summed E-state index contributed by atoms with van der Waals surface area (Å²) in [5.41, 5.74) is 2.46. The summed E-state index contributed by atoms with van der Waals surface area (Å²) < 4.78 is 10.3. The van der Waals surface area contributed by atoms with Gasteiger partial charge >= 0.3 is 5.97 Å². The smallest absolute Gasteiger partial charge is 0.356 e. The van der Waals surface area contributed by atoms with Gasteiger partial charge in [0.1, 0.15) is 11.4 Å². The van der Waals surface area contributed by atoms with Gasteiger partial charge in [-0.3, -0.25) is 9.69 Å². The van der Waals surface area contributed by atoms with Crippen LogP contribution >= 0.6 is 0 Å². The van der Waals surface area contributed by atoms with Gasteiger partial charge in [0.2, 0.25) is 5.91 Å². The fourth-order valence-corrected chi connectivity index (χ4v) is 3.95. The maximum atomic E-state index is 12.9. The molecule has 31 heavy (non-hydrogen) atoms. The lowest BCUT2D eigenvalue weighted by Crippen LogP contribution is -2.48. The number of carbonyl (C=O) groups is 2. The molecule has 0 atom stereocenters. The number of nitrogens with one attached hydrogen (secondary N) is 2. The number of ether oxygens (including phenoxy) is 2. The molecule has 2 aromatic carbocycles. The Bertz CT molecular complexity index is 1070. The number of esters is 1. The van der Waals surface area contributed by atoms with Crippen LogP contribution < -0.4 is 15.0 Å². The van der Waals surface area contributed by atoms with Crippen LogP contribution in [-0.4, -0.2) is 68.7 Å². The van der Waals surface area contributed by atoms with E-state index in [2.05, 4.69) is 32.2 Å². The Hall–Kier alpha value is -3.52. The molecule has 0 radical (unpaired) electrons. The Balaban J connectivity index is 1.47. The van der Waals surface area contributed by atoms with Crippen LogP contribution in [0.2, 0.25) is 0 Å². The molecule has 2 N–H and O–H groups in total. The van der Waals surface area contributed by atoms with Gasteiger partial charge in [0.25, 0.3) is 0 Å². The average molecular weight is 422 g/mol. The van der Waals surface area contributed by atoms with E-state index in [-0.39, 0.29) is 18.1 Å². The molecule has 2 heterocycles. The molecule has 0 spiro atoms. The van der Waals surface area contributed by atoms with Crippen LogP contribution in [0.4, 0.5) is 11.4 Å². The number of aromatic nitrogens is 1. The first-order valence-electron chi connectivity index (χ1n) is 10.2. The van der Waals surface area contributed by atoms with Crippen LogP contribution in [0.3, 0.4) is 0 Å². The molecule has 1 fully saturated rings. The first-order valence-corrected chi connectivity index (χ1v) is 10.2. The molecule has 1 amide bonds. The molecule has 1 aliphatic rings. The zero-order valence-corrected chi connectivity index (χ0v) is 17.7. The molecule has 1 aromatic heterocycles. The Labute approximate surface area is 180 Å². The van der Waals surface area contributed by atoms with Gasteiger partial charge in [-0.1, -0.05) is 24.3 Å². The van der Waals surface area contributed by atoms with E-state index in [9.17, 15) is 9.59 Å². The number of aromatic amines is 1. The number of carbonyl (C=O) groups excluding carboxylic acids is 2. The number of H-pyrrole nitrogens is 1. The largest absolute Gasteiger partial charge is 0.496 e. The van der Waals surface area contributed by atoms with Gasteiger partial charge in [-0.25, -0.2) is 4.79 Å². The Kier molecular flexibility index (Phi) is 6.08. The topological polar surface area (TPSA) is 86.9 Å². The number of piperazine rings is 1. The Morgan fingerprint density at radius 1 is 1.00 bits per heavy atom. The summed E-state index contributed by atoms with van der Waals surface area (Å²) in [4.78, 5) is 32.6. The molecule has 0 bridgehead atoms. The van der Waals surface area contributed by atoms with E-state index in [1.807, 2.05) is 30.3 Å². The maximum absolute atomic E-state index is 12.9. The number of para-hydroxylation sites is 1. The van der Waals surface area contributed by atoms with Gasteiger partial charge < -0.3 is 24.7 Å². The van der Waals surface area contributed by atoms with Crippen LogP contribution in [-0.2, 0) is 9.53 Å². The van der Waals surface area contributed by atoms with Crippen molar-refractivity contribution < 1.29 is 19.1 Å². The van der Waals surface area contributed by atoms with Crippen molar-refractivity contribution in [2.45, 2.75) is 0 Å². The lowest BCUT2D eigenvalue weighted by atomic mass is 10.2. The van der Waals surface area contributed by atoms with Crippen molar-refractivity contribution >= 4 is 34.2 Å². The summed E-state index contributed by atoms with van der Waals surface area (Å²) in [6.45, 7) is 3.51. The van der Waals surface area contributed by atoms with Crippen LogP contribution in [0.1, 0.15) is 10.5 Å². The van der Waals surface area contributed by atoms with Crippen molar-refractivity contribution in [1.82, 2.24) is 9.88 Å². The van der Waals surface area contributed by atoms with Crippen LogP contribution in [0.15, 0.2) is 48.5 Å². The zero-order valence-electron chi connectivity index (χ0n) is 17.7.